The Morgan fingerprint density at radius 2 is 1.76 bits per heavy atom. The molecule has 0 heterocycles. The van der Waals surface area contributed by atoms with E-state index >= 15 is 0 Å². The highest BCUT2D eigenvalue weighted by Gasteiger charge is 2.39. The van der Waals surface area contributed by atoms with Crippen molar-refractivity contribution in [3.8, 4) is 0 Å². The van der Waals surface area contributed by atoms with Gasteiger partial charge in [-0.05, 0) is 37.9 Å². The lowest BCUT2D eigenvalue weighted by atomic mass is 10.1. The fourth-order valence-electron chi connectivity index (χ4n) is 1.21. The Kier molecular flexibility index (Phi) is 4.31. The Morgan fingerprint density at radius 1 is 1.24 bits per heavy atom. The van der Waals surface area contributed by atoms with E-state index in [0.29, 0.717) is 0 Å². The van der Waals surface area contributed by atoms with Crippen molar-refractivity contribution in [3.05, 3.63) is 43.3 Å². The molecule has 0 radical (unpaired) electrons. The number of halogens is 5. The summed E-state index contributed by atoms with van der Waals surface area (Å²) in [4.78, 5) is 9.80. The van der Waals surface area contributed by atoms with Crippen LogP contribution in [-0.2, 0) is 0 Å². The molecule has 0 saturated carbocycles. The average molecular weight is 375 g/mol. The van der Waals surface area contributed by atoms with Crippen LogP contribution >= 0.6 is 31.9 Å². The Hall–Kier alpha value is -0.890. The molecule has 0 bridgehead atoms. The predicted molar refractivity (Wildman–Crippen MR) is 63.9 cm³/mol. The normalized spacial score (nSPS) is 11.1. The zero-order valence-corrected chi connectivity index (χ0v) is 11.1. The summed E-state index contributed by atoms with van der Waals surface area (Å²) in [7, 11) is 0. The van der Waals surface area contributed by atoms with E-state index in [4.69, 9.17) is 0 Å². The number of allylic oxidation sites excluding steroid dienone is 1. The molecular formula is C9H4Br2F3NO2. The number of alkyl halides is 3. The lowest BCUT2D eigenvalue weighted by Gasteiger charge is -2.12. The fourth-order valence-corrected chi connectivity index (χ4v) is 2.08. The van der Waals surface area contributed by atoms with Crippen LogP contribution in [0.25, 0.3) is 5.57 Å². The first-order valence-corrected chi connectivity index (χ1v) is 5.70. The SMILES string of the molecule is O=[N+]([O-])c1ccccc1C(=C(Br)Br)C(F)(F)F. The minimum atomic E-state index is -4.70. The van der Waals surface area contributed by atoms with Crippen LogP contribution in [0, 0.1) is 10.1 Å². The Labute approximate surface area is 111 Å². The second-order valence-electron chi connectivity index (χ2n) is 2.91. The molecule has 92 valence electrons. The number of benzene rings is 1. The summed E-state index contributed by atoms with van der Waals surface area (Å²) in [6.45, 7) is 0. The van der Waals surface area contributed by atoms with Crippen molar-refractivity contribution >= 4 is 43.1 Å². The van der Waals surface area contributed by atoms with Gasteiger partial charge in [0.25, 0.3) is 5.69 Å². The molecule has 0 unspecified atom stereocenters. The summed E-state index contributed by atoms with van der Waals surface area (Å²) >= 11 is 5.30. The molecule has 0 atom stereocenters. The fraction of sp³-hybridized carbons (Fsp3) is 0.111. The van der Waals surface area contributed by atoms with Crippen LogP contribution in [0.15, 0.2) is 27.7 Å². The van der Waals surface area contributed by atoms with Gasteiger partial charge in [-0.15, -0.1) is 0 Å². The van der Waals surface area contributed by atoms with Gasteiger partial charge in [-0.2, -0.15) is 13.2 Å². The molecule has 0 N–H and O–H groups in total. The van der Waals surface area contributed by atoms with E-state index in [9.17, 15) is 23.3 Å². The summed E-state index contributed by atoms with van der Waals surface area (Å²) in [5.74, 6) is 0. The minimum Gasteiger partial charge on any atom is -0.258 e. The predicted octanol–water partition coefficient (Wildman–Crippen LogP) is 4.62. The first-order valence-electron chi connectivity index (χ1n) is 4.11. The second-order valence-corrected chi connectivity index (χ2v) is 5.56. The van der Waals surface area contributed by atoms with Crippen molar-refractivity contribution in [2.75, 3.05) is 0 Å². The van der Waals surface area contributed by atoms with Crippen molar-refractivity contribution in [2.24, 2.45) is 0 Å². The first-order chi connectivity index (χ1) is 7.75. The van der Waals surface area contributed by atoms with Gasteiger partial charge in [0.1, 0.15) is 0 Å². The molecule has 8 heteroatoms. The largest absolute Gasteiger partial charge is 0.418 e. The molecule has 0 fully saturated rings. The monoisotopic (exact) mass is 373 g/mol. The molecule has 3 nitrogen and oxygen atoms in total. The molecule has 1 aromatic rings. The van der Waals surface area contributed by atoms with Crippen molar-refractivity contribution in [3.63, 3.8) is 0 Å². The third-order valence-electron chi connectivity index (χ3n) is 1.84. The molecular weight excluding hydrogens is 371 g/mol. The zero-order valence-electron chi connectivity index (χ0n) is 7.96. The molecule has 17 heavy (non-hydrogen) atoms. The van der Waals surface area contributed by atoms with Crippen molar-refractivity contribution in [1.82, 2.24) is 0 Å². The summed E-state index contributed by atoms with van der Waals surface area (Å²) in [6, 6.07) is 4.67. The third-order valence-corrected chi connectivity index (χ3v) is 2.64. The van der Waals surface area contributed by atoms with Gasteiger partial charge in [0.05, 0.1) is 19.5 Å². The Morgan fingerprint density at radius 3 is 2.18 bits per heavy atom. The van der Waals surface area contributed by atoms with Crippen LogP contribution in [0.2, 0.25) is 0 Å². The van der Waals surface area contributed by atoms with E-state index in [0.717, 1.165) is 12.1 Å². The van der Waals surface area contributed by atoms with Crippen LogP contribution in [0.3, 0.4) is 0 Å². The minimum absolute atomic E-state index is 0.383. The molecule has 0 saturated heterocycles. The molecule has 1 aromatic carbocycles. The maximum Gasteiger partial charge on any atom is 0.418 e. The summed E-state index contributed by atoms with van der Waals surface area (Å²) < 4.78 is 37.9. The molecule has 0 spiro atoms. The maximum absolute atomic E-state index is 12.8. The topological polar surface area (TPSA) is 43.1 Å². The highest BCUT2D eigenvalue weighted by molar-refractivity contribution is 9.28. The average Bonchev–Trinajstić information content (AvgIpc) is 2.15. The van der Waals surface area contributed by atoms with Crippen LogP contribution in [0.5, 0.6) is 0 Å². The van der Waals surface area contributed by atoms with Crippen LogP contribution in [0.1, 0.15) is 5.56 Å². The number of rotatable bonds is 2. The lowest BCUT2D eigenvalue weighted by molar-refractivity contribution is -0.385. The standard InChI is InChI=1S/C9H4Br2F3NO2/c10-8(11)7(9(12,13)14)5-3-1-2-4-6(5)15(16)17/h1-4H. The van der Waals surface area contributed by atoms with Crippen molar-refractivity contribution < 1.29 is 18.1 Å². The van der Waals surface area contributed by atoms with Gasteiger partial charge in [-0.1, -0.05) is 12.1 Å². The Balaban J connectivity index is 3.52. The third kappa shape index (κ3) is 3.29. The molecule has 0 aliphatic carbocycles. The number of nitrogens with zero attached hydrogens (tertiary/aromatic N) is 1. The van der Waals surface area contributed by atoms with Crippen LogP contribution in [0.4, 0.5) is 18.9 Å². The van der Waals surface area contributed by atoms with Crippen LogP contribution < -0.4 is 0 Å². The highest BCUT2D eigenvalue weighted by atomic mass is 79.9. The number of nitro groups is 1. The van der Waals surface area contributed by atoms with E-state index in [1.165, 1.54) is 12.1 Å². The van der Waals surface area contributed by atoms with E-state index < -0.39 is 27.9 Å². The summed E-state index contributed by atoms with van der Waals surface area (Å²) in [6.07, 6.45) is -4.70. The molecule has 1 rings (SSSR count). The number of para-hydroxylation sites is 1. The van der Waals surface area contributed by atoms with Gasteiger partial charge in [0.2, 0.25) is 0 Å². The van der Waals surface area contributed by atoms with Gasteiger partial charge in [-0.3, -0.25) is 10.1 Å². The quantitative estimate of drug-likeness (QED) is 0.560. The second kappa shape index (κ2) is 5.18. The van der Waals surface area contributed by atoms with Gasteiger partial charge in [-0.25, -0.2) is 0 Å². The van der Waals surface area contributed by atoms with Gasteiger partial charge >= 0.3 is 6.18 Å². The lowest BCUT2D eigenvalue weighted by Crippen LogP contribution is -2.12. The molecule has 0 aliphatic heterocycles. The Bertz CT molecular complexity index is 481. The number of nitro benzene ring substituents is 1. The summed E-state index contributed by atoms with van der Waals surface area (Å²) in [5, 5.41) is 10.7. The van der Waals surface area contributed by atoms with Gasteiger partial charge in [0.15, 0.2) is 0 Å². The molecule has 0 amide bonds. The first kappa shape index (κ1) is 14.2. The highest BCUT2D eigenvalue weighted by Crippen LogP contribution is 2.43. The van der Waals surface area contributed by atoms with E-state index in [-0.39, 0.29) is 3.39 Å². The maximum atomic E-state index is 12.8. The van der Waals surface area contributed by atoms with Crippen molar-refractivity contribution in [2.45, 2.75) is 6.18 Å². The smallest absolute Gasteiger partial charge is 0.258 e. The van der Waals surface area contributed by atoms with E-state index in [2.05, 4.69) is 31.9 Å². The number of hydrogen-bond acceptors (Lipinski definition) is 2. The molecule has 0 aromatic heterocycles. The van der Waals surface area contributed by atoms with Gasteiger partial charge in [0, 0.05) is 6.07 Å². The van der Waals surface area contributed by atoms with Crippen LogP contribution in [-0.4, -0.2) is 11.1 Å². The zero-order chi connectivity index (χ0) is 13.2. The summed E-state index contributed by atoms with van der Waals surface area (Å²) in [5.41, 5.74) is -2.21. The number of hydrogen-bond donors (Lipinski definition) is 0. The van der Waals surface area contributed by atoms with E-state index in [1.54, 1.807) is 0 Å². The van der Waals surface area contributed by atoms with E-state index in [1.807, 2.05) is 0 Å². The molecule has 0 aliphatic rings. The van der Waals surface area contributed by atoms with Crippen molar-refractivity contribution in [1.29, 1.82) is 0 Å². The van der Waals surface area contributed by atoms with Gasteiger partial charge < -0.3 is 0 Å².